The number of carboxylic acid groups (broad SMARTS) is 1. The minimum Gasteiger partial charge on any atom is -0.477 e. The summed E-state index contributed by atoms with van der Waals surface area (Å²) in [6.07, 6.45) is 3.58. The Labute approximate surface area is 224 Å². The second-order valence-corrected chi connectivity index (χ2v) is 12.1. The maximum Gasteiger partial charge on any atom is 0.348 e. The van der Waals surface area contributed by atoms with Gasteiger partial charge in [0.1, 0.15) is 10.9 Å². The van der Waals surface area contributed by atoms with Crippen molar-refractivity contribution in [2.45, 2.75) is 65.8 Å². The smallest absolute Gasteiger partial charge is 0.348 e. The zero-order valence-corrected chi connectivity index (χ0v) is 23.5. The molecule has 1 saturated carbocycles. The normalized spacial score (nSPS) is 21.1. The van der Waals surface area contributed by atoms with E-state index >= 15 is 0 Å². The monoisotopic (exact) mass is 532 g/mol. The molecule has 1 aromatic heterocycles. The number of hydrogen-bond donors (Lipinski definition) is 1. The summed E-state index contributed by atoms with van der Waals surface area (Å²) >= 11 is 1.05. The van der Waals surface area contributed by atoms with Crippen molar-refractivity contribution in [2.75, 3.05) is 44.9 Å². The predicted molar refractivity (Wildman–Crippen MR) is 144 cm³/mol. The number of thiophene rings is 1. The number of rotatable bonds is 8. The van der Waals surface area contributed by atoms with Gasteiger partial charge in [-0.1, -0.05) is 18.8 Å². The summed E-state index contributed by atoms with van der Waals surface area (Å²) in [4.78, 5) is 44.2. The highest BCUT2D eigenvalue weighted by molar-refractivity contribution is 7.15. The van der Waals surface area contributed by atoms with E-state index in [-0.39, 0.29) is 46.7 Å². The van der Waals surface area contributed by atoms with Gasteiger partial charge in [-0.25, -0.2) is 4.79 Å². The molecule has 1 atom stereocenters. The molecule has 0 radical (unpaired) electrons. The van der Waals surface area contributed by atoms with E-state index < -0.39 is 12.0 Å². The molecule has 9 heteroatoms. The van der Waals surface area contributed by atoms with Crippen LogP contribution in [-0.4, -0.2) is 73.9 Å². The number of carboxylic acids is 1. The zero-order chi connectivity index (χ0) is 27.2. The van der Waals surface area contributed by atoms with Crippen LogP contribution in [0.3, 0.4) is 0 Å². The lowest BCUT2D eigenvalue weighted by Crippen LogP contribution is -2.55. The van der Waals surface area contributed by atoms with Gasteiger partial charge in [-0.15, -0.1) is 11.3 Å². The molecule has 8 nitrogen and oxygen atoms in total. The number of amides is 2. The fourth-order valence-electron chi connectivity index (χ4n) is 4.76. The highest BCUT2D eigenvalue weighted by Crippen LogP contribution is 2.37. The number of aromatic carboxylic acids is 1. The summed E-state index contributed by atoms with van der Waals surface area (Å²) in [6.45, 7) is 10.1. The van der Waals surface area contributed by atoms with Gasteiger partial charge < -0.3 is 19.5 Å². The summed E-state index contributed by atoms with van der Waals surface area (Å²) < 4.78 is 10.8. The van der Waals surface area contributed by atoms with E-state index in [1.54, 1.807) is 18.1 Å². The summed E-state index contributed by atoms with van der Waals surface area (Å²) in [7, 11) is 1.55. The first kappa shape index (κ1) is 29.2. The number of ether oxygens (including phenoxy) is 2. The first-order valence-electron chi connectivity index (χ1n) is 13.1. The molecule has 0 bridgehead atoms. The summed E-state index contributed by atoms with van der Waals surface area (Å²) in [5, 5.41) is 10.1. The van der Waals surface area contributed by atoms with E-state index in [4.69, 9.17) is 9.47 Å². The van der Waals surface area contributed by atoms with Crippen molar-refractivity contribution in [3.05, 3.63) is 15.8 Å². The van der Waals surface area contributed by atoms with E-state index in [2.05, 4.69) is 18.8 Å². The number of methoxy groups -OCH3 is 1. The van der Waals surface area contributed by atoms with E-state index in [1.165, 1.54) is 4.90 Å². The fraction of sp³-hybridized carbons (Fsp3) is 0.679. The van der Waals surface area contributed by atoms with Crippen molar-refractivity contribution in [3.63, 3.8) is 0 Å². The molecule has 0 unspecified atom stereocenters. The van der Waals surface area contributed by atoms with Crippen molar-refractivity contribution in [2.24, 2.45) is 17.3 Å². The number of anilines is 1. The molecule has 0 spiro atoms. The lowest BCUT2D eigenvalue weighted by Gasteiger charge is -2.38. The summed E-state index contributed by atoms with van der Waals surface area (Å²) in [5.41, 5.74) is -0.0168. The van der Waals surface area contributed by atoms with Crippen LogP contribution in [0, 0.1) is 29.1 Å². The average molecular weight is 533 g/mol. The SMILES string of the molecule is COCC[C@@H](C(=O)N1CCOCC1)N(C(=O)C1CCC(C)CC1)c1cc(C#CC(C)(C)C)sc1C(=O)O. The van der Waals surface area contributed by atoms with Crippen LogP contribution in [0.1, 0.15) is 74.3 Å². The quantitative estimate of drug-likeness (QED) is 0.503. The number of nitrogens with zero attached hydrogens (tertiary/aromatic N) is 2. The van der Waals surface area contributed by atoms with Gasteiger partial charge in [0.2, 0.25) is 11.8 Å². The highest BCUT2D eigenvalue weighted by atomic mass is 32.1. The molecule has 37 heavy (non-hydrogen) atoms. The van der Waals surface area contributed by atoms with E-state index in [0.717, 1.165) is 37.0 Å². The molecule has 1 aliphatic heterocycles. The van der Waals surface area contributed by atoms with Crippen LogP contribution >= 0.6 is 11.3 Å². The summed E-state index contributed by atoms with van der Waals surface area (Å²) in [5.74, 6) is 4.99. The number of carbonyl (C=O) groups excluding carboxylic acids is 2. The van der Waals surface area contributed by atoms with E-state index in [1.807, 2.05) is 20.8 Å². The van der Waals surface area contributed by atoms with E-state index in [9.17, 15) is 19.5 Å². The van der Waals surface area contributed by atoms with Crippen LogP contribution in [0.25, 0.3) is 0 Å². The van der Waals surface area contributed by atoms with Crippen LogP contribution in [0.4, 0.5) is 5.69 Å². The van der Waals surface area contributed by atoms with Crippen molar-refractivity contribution >= 4 is 34.8 Å². The van der Waals surface area contributed by atoms with Gasteiger partial charge in [-0.2, -0.15) is 0 Å². The highest BCUT2D eigenvalue weighted by Gasteiger charge is 2.40. The van der Waals surface area contributed by atoms with Gasteiger partial charge in [0, 0.05) is 44.6 Å². The Kier molecular flexibility index (Phi) is 10.2. The van der Waals surface area contributed by atoms with Gasteiger partial charge in [0.15, 0.2) is 0 Å². The van der Waals surface area contributed by atoms with Crippen LogP contribution < -0.4 is 4.90 Å². The molecule has 1 aromatic rings. The van der Waals surface area contributed by atoms with Gasteiger partial charge in [0.05, 0.1) is 23.8 Å². The molecule has 3 rings (SSSR count). The number of morpholine rings is 1. The first-order valence-corrected chi connectivity index (χ1v) is 13.9. The van der Waals surface area contributed by atoms with Crippen molar-refractivity contribution < 1.29 is 29.0 Å². The fourth-order valence-corrected chi connectivity index (χ4v) is 5.60. The maximum atomic E-state index is 14.2. The minimum absolute atomic E-state index is 0.0212. The third-order valence-electron chi connectivity index (χ3n) is 6.84. The van der Waals surface area contributed by atoms with Crippen molar-refractivity contribution in [1.29, 1.82) is 0 Å². The topological polar surface area (TPSA) is 96.4 Å². The largest absolute Gasteiger partial charge is 0.477 e. The standard InChI is InChI=1S/C28H40N2O6S/c1-19-6-8-20(9-7-19)25(31)30(22(11-15-35-5)26(32)29-13-16-36-17-14-29)23-18-21(10-12-28(2,3)4)37-24(23)27(33)34/h18-20,22H,6-9,11,13-17H2,1-5H3,(H,33,34)/t19?,20?,22-/m0/s1. The van der Waals surface area contributed by atoms with Gasteiger partial charge >= 0.3 is 5.97 Å². The Morgan fingerprint density at radius 3 is 2.43 bits per heavy atom. The lowest BCUT2D eigenvalue weighted by molar-refractivity contribution is -0.139. The average Bonchev–Trinajstić information content (AvgIpc) is 3.29. The van der Waals surface area contributed by atoms with Gasteiger partial charge in [0.25, 0.3) is 0 Å². The Balaban J connectivity index is 2.11. The zero-order valence-electron chi connectivity index (χ0n) is 22.7. The molecule has 204 valence electrons. The third-order valence-corrected chi connectivity index (χ3v) is 7.87. The Morgan fingerprint density at radius 2 is 1.86 bits per heavy atom. The van der Waals surface area contributed by atoms with Gasteiger partial charge in [-0.3, -0.25) is 14.5 Å². The molecular formula is C28H40N2O6S. The molecule has 0 aromatic carbocycles. The lowest BCUT2D eigenvalue weighted by atomic mass is 9.82. The van der Waals surface area contributed by atoms with Crippen molar-refractivity contribution in [1.82, 2.24) is 4.90 Å². The Hall–Kier alpha value is -2.41. The summed E-state index contributed by atoms with van der Waals surface area (Å²) in [6, 6.07) is 0.795. The van der Waals surface area contributed by atoms with Crippen LogP contribution in [0.2, 0.25) is 0 Å². The molecule has 1 N–H and O–H groups in total. The number of hydrogen-bond acceptors (Lipinski definition) is 6. The molecular weight excluding hydrogens is 492 g/mol. The Morgan fingerprint density at radius 1 is 1.22 bits per heavy atom. The minimum atomic E-state index is -1.14. The van der Waals surface area contributed by atoms with Gasteiger partial charge in [-0.05, 0) is 58.4 Å². The first-order chi connectivity index (χ1) is 17.5. The molecule has 1 saturated heterocycles. The molecule has 1 aliphatic carbocycles. The maximum absolute atomic E-state index is 14.2. The van der Waals surface area contributed by atoms with E-state index in [0.29, 0.717) is 37.1 Å². The third kappa shape index (κ3) is 7.79. The van der Waals surface area contributed by atoms with Crippen LogP contribution in [0.5, 0.6) is 0 Å². The molecule has 2 amide bonds. The molecule has 2 heterocycles. The second kappa shape index (κ2) is 12.9. The molecule has 2 aliphatic rings. The van der Waals surface area contributed by atoms with Crippen LogP contribution in [-0.2, 0) is 19.1 Å². The van der Waals surface area contributed by atoms with Crippen molar-refractivity contribution in [3.8, 4) is 11.8 Å². The number of carbonyl (C=O) groups is 3. The Bertz CT molecular complexity index is 1020. The second-order valence-electron chi connectivity index (χ2n) is 11.0. The predicted octanol–water partition coefficient (Wildman–Crippen LogP) is 4.27. The molecule has 2 fully saturated rings. The van der Waals surface area contributed by atoms with Crippen LogP contribution in [0.15, 0.2) is 6.07 Å².